The molecule has 0 unspecified atom stereocenters. The van der Waals surface area contributed by atoms with Crippen LogP contribution in [0.4, 0.5) is 28.9 Å². The number of benzene rings is 2. The average molecular weight is 298 g/mol. The number of carbonyl (C=O) groups excluding carboxylic acids is 1. The summed E-state index contributed by atoms with van der Waals surface area (Å²) in [6.45, 7) is 1.43. The maximum absolute atomic E-state index is 13.5. The van der Waals surface area contributed by atoms with Gasteiger partial charge in [-0.1, -0.05) is 0 Å². The highest BCUT2D eigenvalue weighted by Gasteiger charge is 2.17. The van der Waals surface area contributed by atoms with Gasteiger partial charge >= 0.3 is 0 Å². The minimum atomic E-state index is -1.71. The van der Waals surface area contributed by atoms with E-state index in [4.69, 9.17) is 5.73 Å². The summed E-state index contributed by atoms with van der Waals surface area (Å²) in [7, 11) is 0. The Kier molecular flexibility index (Phi) is 3.84. The highest BCUT2D eigenvalue weighted by Crippen LogP contribution is 2.22. The highest BCUT2D eigenvalue weighted by molar-refractivity contribution is 6.05. The Morgan fingerprint density at radius 2 is 1.71 bits per heavy atom. The molecule has 0 fully saturated rings. The zero-order chi connectivity index (χ0) is 15.7. The standard InChI is InChI=1S/C14H10F4N2O/c1-6-9(16)4-7(5-10(6)19)14(21)20-11-3-2-8(15)12(17)13(11)18/h2-5H,19H2,1H3,(H,20,21). The van der Waals surface area contributed by atoms with E-state index in [0.717, 1.165) is 12.1 Å². The lowest BCUT2D eigenvalue weighted by molar-refractivity contribution is 0.102. The number of nitrogens with two attached hydrogens (primary N) is 1. The van der Waals surface area contributed by atoms with Crippen LogP contribution < -0.4 is 11.1 Å². The van der Waals surface area contributed by atoms with Crippen molar-refractivity contribution >= 4 is 17.3 Å². The van der Waals surface area contributed by atoms with Crippen LogP contribution in [0.2, 0.25) is 0 Å². The van der Waals surface area contributed by atoms with Crippen LogP contribution in [0.1, 0.15) is 15.9 Å². The van der Waals surface area contributed by atoms with Crippen LogP contribution in [-0.4, -0.2) is 5.91 Å². The molecular formula is C14H10F4N2O. The maximum atomic E-state index is 13.5. The Hall–Kier alpha value is -2.57. The van der Waals surface area contributed by atoms with Crippen LogP contribution in [0.25, 0.3) is 0 Å². The number of hydrogen-bond acceptors (Lipinski definition) is 2. The number of carbonyl (C=O) groups is 1. The highest BCUT2D eigenvalue weighted by atomic mass is 19.2. The number of halogens is 4. The summed E-state index contributed by atoms with van der Waals surface area (Å²) in [4.78, 5) is 11.9. The molecule has 3 N–H and O–H groups in total. The summed E-state index contributed by atoms with van der Waals surface area (Å²) in [6.07, 6.45) is 0. The van der Waals surface area contributed by atoms with E-state index in [1.807, 2.05) is 5.32 Å². The number of anilines is 2. The molecule has 0 spiro atoms. The van der Waals surface area contributed by atoms with Gasteiger partial charge in [-0.15, -0.1) is 0 Å². The second kappa shape index (κ2) is 5.43. The van der Waals surface area contributed by atoms with Crippen LogP contribution in [0.15, 0.2) is 24.3 Å². The van der Waals surface area contributed by atoms with Crippen molar-refractivity contribution in [1.29, 1.82) is 0 Å². The van der Waals surface area contributed by atoms with Crippen molar-refractivity contribution in [2.75, 3.05) is 11.1 Å². The molecule has 0 aromatic heterocycles. The molecule has 0 aliphatic carbocycles. The Bertz CT molecular complexity index is 708. The molecule has 0 saturated carbocycles. The summed E-state index contributed by atoms with van der Waals surface area (Å²) in [5.74, 6) is -6.22. The number of amides is 1. The zero-order valence-electron chi connectivity index (χ0n) is 10.8. The number of rotatable bonds is 2. The molecule has 0 bridgehead atoms. The van der Waals surface area contributed by atoms with Gasteiger partial charge < -0.3 is 11.1 Å². The lowest BCUT2D eigenvalue weighted by atomic mass is 10.1. The van der Waals surface area contributed by atoms with Crippen molar-refractivity contribution in [3.05, 3.63) is 58.7 Å². The Morgan fingerprint density at radius 1 is 1.05 bits per heavy atom. The Morgan fingerprint density at radius 3 is 2.33 bits per heavy atom. The van der Waals surface area contributed by atoms with Crippen molar-refractivity contribution in [2.45, 2.75) is 6.92 Å². The molecule has 2 rings (SSSR count). The first-order chi connectivity index (χ1) is 9.81. The third-order valence-corrected chi connectivity index (χ3v) is 2.93. The first-order valence-electron chi connectivity index (χ1n) is 5.81. The first kappa shape index (κ1) is 14.8. The monoisotopic (exact) mass is 298 g/mol. The van der Waals surface area contributed by atoms with Gasteiger partial charge in [0.1, 0.15) is 5.82 Å². The van der Waals surface area contributed by atoms with Crippen molar-refractivity contribution in [3.8, 4) is 0 Å². The fourth-order valence-corrected chi connectivity index (χ4v) is 1.65. The SMILES string of the molecule is Cc1c(N)cc(C(=O)Nc2ccc(F)c(F)c2F)cc1F. The van der Waals surface area contributed by atoms with Gasteiger partial charge in [-0.3, -0.25) is 4.79 Å². The molecule has 2 aromatic rings. The quantitative estimate of drug-likeness (QED) is 0.507. The minimum Gasteiger partial charge on any atom is -0.398 e. The minimum absolute atomic E-state index is 0.0471. The summed E-state index contributed by atoms with van der Waals surface area (Å²) < 4.78 is 52.7. The third kappa shape index (κ3) is 2.81. The third-order valence-electron chi connectivity index (χ3n) is 2.93. The van der Waals surface area contributed by atoms with E-state index in [9.17, 15) is 22.4 Å². The molecule has 0 aliphatic heterocycles. The lowest BCUT2D eigenvalue weighted by Crippen LogP contribution is -2.15. The summed E-state index contributed by atoms with van der Waals surface area (Å²) in [6, 6.07) is 3.64. The van der Waals surface area contributed by atoms with Crippen LogP contribution in [0.5, 0.6) is 0 Å². The molecule has 0 heterocycles. The number of hydrogen-bond donors (Lipinski definition) is 2. The van der Waals surface area contributed by atoms with Gasteiger partial charge in [0.15, 0.2) is 17.5 Å². The van der Waals surface area contributed by atoms with Crippen molar-refractivity contribution < 1.29 is 22.4 Å². The fourth-order valence-electron chi connectivity index (χ4n) is 1.65. The molecule has 3 nitrogen and oxygen atoms in total. The normalized spacial score (nSPS) is 10.5. The van der Waals surface area contributed by atoms with Gasteiger partial charge in [0.2, 0.25) is 0 Å². The Labute approximate surface area is 117 Å². The van der Waals surface area contributed by atoms with Gasteiger partial charge in [-0.25, -0.2) is 17.6 Å². The molecule has 1 amide bonds. The maximum Gasteiger partial charge on any atom is 0.255 e. The number of nitrogen functional groups attached to an aromatic ring is 1. The van der Waals surface area contributed by atoms with Gasteiger partial charge in [0, 0.05) is 16.8 Å². The summed E-state index contributed by atoms with van der Waals surface area (Å²) in [5.41, 5.74) is 5.02. The van der Waals surface area contributed by atoms with Crippen molar-refractivity contribution in [1.82, 2.24) is 0 Å². The summed E-state index contributed by atoms with van der Waals surface area (Å²) >= 11 is 0. The summed E-state index contributed by atoms with van der Waals surface area (Å²) in [5, 5.41) is 2.03. The number of nitrogens with one attached hydrogen (secondary N) is 1. The first-order valence-corrected chi connectivity index (χ1v) is 5.81. The van der Waals surface area contributed by atoms with Crippen LogP contribution in [-0.2, 0) is 0 Å². The van der Waals surface area contributed by atoms with Gasteiger partial charge in [-0.05, 0) is 31.2 Å². The van der Waals surface area contributed by atoms with E-state index in [0.29, 0.717) is 6.07 Å². The van der Waals surface area contributed by atoms with Gasteiger partial charge in [-0.2, -0.15) is 0 Å². The van der Waals surface area contributed by atoms with E-state index >= 15 is 0 Å². The largest absolute Gasteiger partial charge is 0.398 e. The molecule has 0 saturated heterocycles. The average Bonchev–Trinajstić information content (AvgIpc) is 2.44. The van der Waals surface area contributed by atoms with Gasteiger partial charge in [0.25, 0.3) is 5.91 Å². The molecule has 21 heavy (non-hydrogen) atoms. The van der Waals surface area contributed by atoms with E-state index in [2.05, 4.69) is 0 Å². The van der Waals surface area contributed by atoms with Crippen molar-refractivity contribution in [2.24, 2.45) is 0 Å². The predicted octanol–water partition coefficient (Wildman–Crippen LogP) is 3.39. The molecule has 7 heteroatoms. The second-order valence-corrected chi connectivity index (χ2v) is 4.35. The van der Waals surface area contributed by atoms with E-state index in [1.54, 1.807) is 0 Å². The zero-order valence-corrected chi connectivity index (χ0v) is 10.8. The fraction of sp³-hybridized carbons (Fsp3) is 0.0714. The second-order valence-electron chi connectivity index (χ2n) is 4.35. The molecule has 0 radical (unpaired) electrons. The van der Waals surface area contributed by atoms with Gasteiger partial charge in [0.05, 0.1) is 5.69 Å². The van der Waals surface area contributed by atoms with E-state index in [1.165, 1.54) is 13.0 Å². The predicted molar refractivity (Wildman–Crippen MR) is 69.8 cm³/mol. The van der Waals surface area contributed by atoms with Crippen molar-refractivity contribution in [3.63, 3.8) is 0 Å². The van der Waals surface area contributed by atoms with E-state index < -0.39 is 34.9 Å². The molecule has 0 aliphatic rings. The van der Waals surface area contributed by atoms with Crippen LogP contribution >= 0.6 is 0 Å². The van der Waals surface area contributed by atoms with Crippen LogP contribution in [0.3, 0.4) is 0 Å². The molecule has 2 aromatic carbocycles. The lowest BCUT2D eigenvalue weighted by Gasteiger charge is -2.09. The molecular weight excluding hydrogens is 288 g/mol. The van der Waals surface area contributed by atoms with Crippen LogP contribution in [0, 0.1) is 30.2 Å². The Balaban J connectivity index is 2.33. The van der Waals surface area contributed by atoms with E-state index in [-0.39, 0.29) is 16.8 Å². The molecule has 0 atom stereocenters. The smallest absolute Gasteiger partial charge is 0.255 e. The topological polar surface area (TPSA) is 55.1 Å². The molecule has 110 valence electrons.